The number of furan rings is 1. The molecule has 0 N–H and O–H groups in total. The van der Waals surface area contributed by atoms with Crippen LogP contribution in [0.3, 0.4) is 0 Å². The lowest BCUT2D eigenvalue weighted by Gasteiger charge is -2.18. The van der Waals surface area contributed by atoms with Crippen molar-refractivity contribution in [2.45, 2.75) is 26.3 Å². The molecule has 1 atom stereocenters. The zero-order valence-electron chi connectivity index (χ0n) is 10.8. The fourth-order valence-electron chi connectivity index (χ4n) is 2.24. The average Bonchev–Trinajstić information content (AvgIpc) is 3.07. The summed E-state index contributed by atoms with van der Waals surface area (Å²) < 4.78 is 5.60. The number of hydrogen-bond acceptors (Lipinski definition) is 4. The van der Waals surface area contributed by atoms with Crippen LogP contribution in [0.1, 0.15) is 35.8 Å². The van der Waals surface area contributed by atoms with Crippen LogP contribution in [0.2, 0.25) is 0 Å². The molecule has 1 aliphatic rings. The van der Waals surface area contributed by atoms with E-state index in [2.05, 4.69) is 5.10 Å². The molecule has 1 aliphatic heterocycles. The van der Waals surface area contributed by atoms with Crippen molar-refractivity contribution in [2.75, 3.05) is 0 Å². The van der Waals surface area contributed by atoms with Gasteiger partial charge in [0.2, 0.25) is 5.91 Å². The molecule has 0 aromatic carbocycles. The van der Waals surface area contributed by atoms with Crippen molar-refractivity contribution >= 4 is 23.0 Å². The van der Waals surface area contributed by atoms with Crippen molar-refractivity contribution in [2.24, 2.45) is 5.10 Å². The number of carbonyl (C=O) groups is 1. The summed E-state index contributed by atoms with van der Waals surface area (Å²) in [5, 5.41) is 7.99. The van der Waals surface area contributed by atoms with Crippen LogP contribution in [0, 0.1) is 6.92 Å². The number of rotatable bonds is 2. The molecule has 0 fully saturated rings. The first-order valence-corrected chi connectivity index (χ1v) is 7.00. The molecule has 98 valence electrons. The van der Waals surface area contributed by atoms with Crippen LogP contribution in [0.4, 0.5) is 0 Å². The Morgan fingerprint density at radius 1 is 1.47 bits per heavy atom. The second-order valence-corrected chi connectivity index (χ2v) is 5.54. The summed E-state index contributed by atoms with van der Waals surface area (Å²) >= 11 is 1.65. The van der Waals surface area contributed by atoms with Crippen LogP contribution in [0.25, 0.3) is 0 Å². The summed E-state index contributed by atoms with van der Waals surface area (Å²) in [5.74, 6) is 1.56. The van der Waals surface area contributed by atoms with E-state index in [1.165, 1.54) is 0 Å². The molecular formula is C14H14N2O2S. The van der Waals surface area contributed by atoms with E-state index in [0.29, 0.717) is 6.42 Å². The van der Waals surface area contributed by atoms with Gasteiger partial charge in [0, 0.05) is 18.2 Å². The minimum absolute atomic E-state index is 0.00194. The van der Waals surface area contributed by atoms with Gasteiger partial charge in [-0.25, -0.2) is 5.01 Å². The molecule has 3 rings (SSSR count). The van der Waals surface area contributed by atoms with Gasteiger partial charge in [0.25, 0.3) is 0 Å². The molecule has 0 saturated heterocycles. The maximum atomic E-state index is 11.7. The van der Waals surface area contributed by atoms with Crippen molar-refractivity contribution in [1.29, 1.82) is 0 Å². The zero-order chi connectivity index (χ0) is 13.4. The largest absolute Gasteiger partial charge is 0.460 e. The number of aryl methyl sites for hydroxylation is 1. The number of carbonyl (C=O) groups excluding carboxylic acids is 1. The van der Waals surface area contributed by atoms with Gasteiger partial charge in [0.1, 0.15) is 17.2 Å². The van der Waals surface area contributed by atoms with E-state index in [-0.39, 0.29) is 11.9 Å². The highest BCUT2D eigenvalue weighted by atomic mass is 32.1. The summed E-state index contributed by atoms with van der Waals surface area (Å²) in [6.07, 6.45) is 0.701. The molecule has 2 aromatic rings. The topological polar surface area (TPSA) is 45.8 Å². The normalized spacial score (nSPS) is 18.7. The first-order chi connectivity index (χ1) is 9.15. The number of thiophene rings is 1. The lowest BCUT2D eigenvalue weighted by molar-refractivity contribution is -0.130. The van der Waals surface area contributed by atoms with E-state index < -0.39 is 0 Å². The summed E-state index contributed by atoms with van der Waals surface area (Å²) in [6, 6.07) is 7.85. The summed E-state index contributed by atoms with van der Waals surface area (Å²) in [4.78, 5) is 12.9. The lowest BCUT2D eigenvalue weighted by atomic mass is 10.1. The Labute approximate surface area is 115 Å². The summed E-state index contributed by atoms with van der Waals surface area (Å²) in [7, 11) is 0. The monoisotopic (exact) mass is 274 g/mol. The molecule has 0 aliphatic carbocycles. The standard InChI is InChI=1S/C14H14N2O2S/c1-9-5-6-13(18-9)11-8-12(14-4-3-7-19-14)16(15-11)10(2)17/h3-7,12H,8H2,1-2H3/t12-/m0/s1. The molecule has 0 saturated carbocycles. The Hall–Kier alpha value is -1.88. The van der Waals surface area contributed by atoms with Gasteiger partial charge in [-0.3, -0.25) is 4.79 Å². The molecule has 0 bridgehead atoms. The molecule has 1 amide bonds. The molecule has 2 aromatic heterocycles. The third kappa shape index (κ3) is 2.21. The highest BCUT2D eigenvalue weighted by molar-refractivity contribution is 7.10. The molecule has 0 spiro atoms. The zero-order valence-corrected chi connectivity index (χ0v) is 11.6. The summed E-state index contributed by atoms with van der Waals surface area (Å²) in [5.41, 5.74) is 0.835. The minimum Gasteiger partial charge on any atom is -0.460 e. The first kappa shape index (κ1) is 12.2. The average molecular weight is 274 g/mol. The molecular weight excluding hydrogens is 260 g/mol. The van der Waals surface area contributed by atoms with Crippen LogP contribution < -0.4 is 0 Å². The van der Waals surface area contributed by atoms with Gasteiger partial charge in [0.15, 0.2) is 0 Å². The van der Waals surface area contributed by atoms with Gasteiger partial charge in [-0.2, -0.15) is 5.10 Å². The Morgan fingerprint density at radius 3 is 2.89 bits per heavy atom. The fraction of sp³-hybridized carbons (Fsp3) is 0.286. The van der Waals surface area contributed by atoms with E-state index in [0.717, 1.165) is 22.1 Å². The molecule has 3 heterocycles. The smallest absolute Gasteiger partial charge is 0.240 e. The maximum absolute atomic E-state index is 11.7. The van der Waals surface area contributed by atoms with Crippen molar-refractivity contribution in [3.8, 4) is 0 Å². The van der Waals surface area contributed by atoms with Gasteiger partial charge in [0.05, 0.1) is 6.04 Å². The van der Waals surface area contributed by atoms with Crippen molar-refractivity contribution < 1.29 is 9.21 Å². The third-order valence-corrected chi connectivity index (χ3v) is 4.10. The van der Waals surface area contributed by atoms with E-state index in [1.807, 2.05) is 36.6 Å². The molecule has 19 heavy (non-hydrogen) atoms. The number of hydrazone groups is 1. The van der Waals surface area contributed by atoms with Crippen LogP contribution in [0.15, 0.2) is 39.2 Å². The van der Waals surface area contributed by atoms with Crippen LogP contribution in [0.5, 0.6) is 0 Å². The summed E-state index contributed by atoms with van der Waals surface area (Å²) in [6.45, 7) is 3.44. The Balaban J connectivity index is 1.93. The molecule has 4 nitrogen and oxygen atoms in total. The second kappa shape index (κ2) is 4.66. The Bertz CT molecular complexity index is 628. The predicted molar refractivity (Wildman–Crippen MR) is 74.2 cm³/mol. The van der Waals surface area contributed by atoms with E-state index in [4.69, 9.17) is 4.42 Å². The van der Waals surface area contributed by atoms with Gasteiger partial charge < -0.3 is 4.42 Å². The lowest BCUT2D eigenvalue weighted by Crippen LogP contribution is -2.23. The van der Waals surface area contributed by atoms with Crippen molar-refractivity contribution in [3.63, 3.8) is 0 Å². The second-order valence-electron chi connectivity index (χ2n) is 4.56. The van der Waals surface area contributed by atoms with E-state index in [9.17, 15) is 4.79 Å². The van der Waals surface area contributed by atoms with Crippen molar-refractivity contribution in [3.05, 3.63) is 46.0 Å². The SMILES string of the molecule is CC(=O)N1N=C(c2ccc(C)o2)C[C@H]1c1cccs1. The molecule has 0 radical (unpaired) electrons. The van der Waals surface area contributed by atoms with Crippen LogP contribution in [-0.4, -0.2) is 16.6 Å². The number of nitrogens with zero attached hydrogens (tertiary/aromatic N) is 2. The Morgan fingerprint density at radius 2 is 2.32 bits per heavy atom. The van der Waals surface area contributed by atoms with Crippen LogP contribution in [-0.2, 0) is 4.79 Å². The predicted octanol–water partition coefficient (Wildman–Crippen LogP) is 3.35. The van der Waals surface area contributed by atoms with E-state index in [1.54, 1.807) is 23.3 Å². The highest BCUT2D eigenvalue weighted by Crippen LogP contribution is 2.35. The Kier molecular flexibility index (Phi) is 2.98. The van der Waals surface area contributed by atoms with Gasteiger partial charge in [-0.05, 0) is 30.5 Å². The van der Waals surface area contributed by atoms with Gasteiger partial charge in [-0.15, -0.1) is 11.3 Å². The highest BCUT2D eigenvalue weighted by Gasteiger charge is 2.32. The number of hydrogen-bond donors (Lipinski definition) is 0. The fourth-order valence-corrected chi connectivity index (χ4v) is 3.05. The van der Waals surface area contributed by atoms with Gasteiger partial charge >= 0.3 is 0 Å². The third-order valence-electron chi connectivity index (χ3n) is 3.13. The first-order valence-electron chi connectivity index (χ1n) is 6.12. The number of amides is 1. The maximum Gasteiger partial charge on any atom is 0.240 e. The molecule has 5 heteroatoms. The quantitative estimate of drug-likeness (QED) is 0.843. The van der Waals surface area contributed by atoms with Crippen molar-refractivity contribution in [1.82, 2.24) is 5.01 Å². The minimum atomic E-state index is -0.0447. The van der Waals surface area contributed by atoms with E-state index >= 15 is 0 Å². The molecule has 0 unspecified atom stereocenters. The van der Waals surface area contributed by atoms with Gasteiger partial charge in [-0.1, -0.05) is 6.07 Å². The van der Waals surface area contributed by atoms with Crippen LogP contribution >= 0.6 is 11.3 Å².